The fraction of sp³-hybridized carbons (Fsp3) is 0.385. The van der Waals surface area contributed by atoms with Gasteiger partial charge in [0, 0.05) is 23.2 Å². The second-order valence-corrected chi connectivity index (χ2v) is 4.65. The van der Waals surface area contributed by atoms with Crippen molar-refractivity contribution in [3.63, 3.8) is 0 Å². The van der Waals surface area contributed by atoms with E-state index in [1.165, 1.54) is 7.11 Å². The molecule has 6 nitrogen and oxygen atoms in total. The van der Waals surface area contributed by atoms with Gasteiger partial charge in [0.05, 0.1) is 13.5 Å². The molecule has 1 atom stereocenters. The molecule has 0 heterocycles. The Bertz CT molecular complexity index is 493. The van der Waals surface area contributed by atoms with Crippen molar-refractivity contribution in [3.8, 4) is 5.75 Å². The summed E-state index contributed by atoms with van der Waals surface area (Å²) in [4.78, 5) is 22.1. The summed E-state index contributed by atoms with van der Waals surface area (Å²) in [7, 11) is 1.52. The Labute approximate surface area is 122 Å². The zero-order valence-corrected chi connectivity index (χ0v) is 12.0. The number of carbonyl (C=O) groups excluding carboxylic acids is 1. The van der Waals surface area contributed by atoms with Crippen LogP contribution in [0.4, 0.5) is 4.79 Å². The van der Waals surface area contributed by atoms with E-state index >= 15 is 0 Å². The molecule has 1 rings (SSSR count). The van der Waals surface area contributed by atoms with Crippen LogP contribution in [0, 0.1) is 0 Å². The zero-order chi connectivity index (χ0) is 15.1. The molecule has 0 saturated heterocycles. The lowest BCUT2D eigenvalue weighted by Crippen LogP contribution is -2.41. The summed E-state index contributed by atoms with van der Waals surface area (Å²) in [6, 6.07) is 4.28. The van der Waals surface area contributed by atoms with Crippen molar-refractivity contribution in [2.24, 2.45) is 0 Å². The van der Waals surface area contributed by atoms with Crippen molar-refractivity contribution in [1.29, 1.82) is 0 Å². The number of methoxy groups -OCH3 is 1. The highest BCUT2D eigenvalue weighted by Crippen LogP contribution is 2.25. The summed E-state index contributed by atoms with van der Waals surface area (Å²) in [6.07, 6.45) is -0.136. The lowest BCUT2D eigenvalue weighted by molar-refractivity contribution is -0.137. The largest absolute Gasteiger partial charge is 0.496 e. The number of ether oxygens (including phenoxy) is 1. The lowest BCUT2D eigenvalue weighted by Gasteiger charge is -2.14. The molecule has 0 aliphatic rings. The Morgan fingerprint density at radius 1 is 1.45 bits per heavy atom. The van der Waals surface area contributed by atoms with Gasteiger partial charge in [-0.25, -0.2) is 4.79 Å². The number of carboxylic acid groups (broad SMARTS) is 1. The number of carbonyl (C=O) groups is 2. The van der Waals surface area contributed by atoms with E-state index in [0.29, 0.717) is 16.3 Å². The molecule has 3 N–H and O–H groups in total. The molecule has 7 heteroatoms. The molecule has 0 spiro atoms. The van der Waals surface area contributed by atoms with Gasteiger partial charge in [-0.1, -0.05) is 17.7 Å². The van der Waals surface area contributed by atoms with Gasteiger partial charge in [0.1, 0.15) is 5.75 Å². The van der Waals surface area contributed by atoms with Crippen molar-refractivity contribution in [3.05, 3.63) is 28.8 Å². The van der Waals surface area contributed by atoms with Crippen molar-refractivity contribution in [1.82, 2.24) is 10.6 Å². The van der Waals surface area contributed by atoms with Crippen LogP contribution in [-0.4, -0.2) is 30.3 Å². The van der Waals surface area contributed by atoms with Crippen molar-refractivity contribution < 1.29 is 19.4 Å². The predicted molar refractivity (Wildman–Crippen MR) is 75.1 cm³/mol. The van der Waals surface area contributed by atoms with Crippen LogP contribution in [0.1, 0.15) is 18.9 Å². The van der Waals surface area contributed by atoms with Crippen LogP contribution in [-0.2, 0) is 11.3 Å². The third-order valence-corrected chi connectivity index (χ3v) is 2.93. The monoisotopic (exact) mass is 300 g/mol. The molecule has 0 radical (unpaired) electrons. The second-order valence-electron chi connectivity index (χ2n) is 4.25. The summed E-state index contributed by atoms with van der Waals surface area (Å²) in [6.45, 7) is 1.80. The Balaban J connectivity index is 2.55. The van der Waals surface area contributed by atoms with Gasteiger partial charge in [0.2, 0.25) is 0 Å². The highest BCUT2D eigenvalue weighted by Gasteiger charge is 2.12. The van der Waals surface area contributed by atoms with E-state index in [2.05, 4.69) is 10.6 Å². The van der Waals surface area contributed by atoms with Gasteiger partial charge in [0.25, 0.3) is 0 Å². The fourth-order valence-corrected chi connectivity index (χ4v) is 1.89. The van der Waals surface area contributed by atoms with Crippen LogP contribution < -0.4 is 15.4 Å². The van der Waals surface area contributed by atoms with Gasteiger partial charge in [-0.15, -0.1) is 0 Å². The first-order valence-electron chi connectivity index (χ1n) is 6.01. The van der Waals surface area contributed by atoms with Crippen LogP contribution >= 0.6 is 11.6 Å². The van der Waals surface area contributed by atoms with E-state index in [-0.39, 0.29) is 13.0 Å². The van der Waals surface area contributed by atoms with E-state index < -0.39 is 18.0 Å². The lowest BCUT2D eigenvalue weighted by atomic mass is 10.2. The molecule has 1 aromatic carbocycles. The van der Waals surface area contributed by atoms with Crippen LogP contribution in [0.25, 0.3) is 0 Å². The number of aliphatic carboxylic acids is 1. The van der Waals surface area contributed by atoms with Crippen LogP contribution in [0.5, 0.6) is 5.75 Å². The topological polar surface area (TPSA) is 87.7 Å². The first-order valence-corrected chi connectivity index (χ1v) is 6.39. The molecule has 0 saturated carbocycles. The third kappa shape index (κ3) is 4.97. The predicted octanol–water partition coefficient (Wildman–Crippen LogP) is 2.01. The minimum absolute atomic E-state index is 0.136. The van der Waals surface area contributed by atoms with E-state index in [4.69, 9.17) is 21.4 Å². The summed E-state index contributed by atoms with van der Waals surface area (Å²) >= 11 is 6.04. The molecule has 1 unspecified atom stereocenters. The van der Waals surface area contributed by atoms with Gasteiger partial charge >= 0.3 is 12.0 Å². The van der Waals surface area contributed by atoms with E-state index in [0.717, 1.165) is 0 Å². The maximum absolute atomic E-state index is 11.6. The standard InChI is InChI=1S/C13H17ClN2O4/c1-8(6-12(17)18)16-13(19)15-7-9-10(14)4-3-5-11(9)20-2/h3-5,8H,6-7H2,1-2H3,(H,17,18)(H2,15,16,19). The molecule has 2 amide bonds. The van der Waals surface area contributed by atoms with Gasteiger partial charge in [-0.05, 0) is 19.1 Å². The average Bonchev–Trinajstić information content (AvgIpc) is 2.35. The Morgan fingerprint density at radius 2 is 2.15 bits per heavy atom. The molecule has 1 aromatic rings. The van der Waals surface area contributed by atoms with Crippen LogP contribution in [0.3, 0.4) is 0 Å². The van der Waals surface area contributed by atoms with Crippen LogP contribution in [0.15, 0.2) is 18.2 Å². The minimum atomic E-state index is -0.967. The number of nitrogens with one attached hydrogen (secondary N) is 2. The van der Waals surface area contributed by atoms with Gasteiger partial charge in [-0.3, -0.25) is 4.79 Å². The van der Waals surface area contributed by atoms with Crippen LogP contribution in [0.2, 0.25) is 5.02 Å². The SMILES string of the molecule is COc1cccc(Cl)c1CNC(=O)NC(C)CC(=O)O. The molecular formula is C13H17ClN2O4. The number of hydrogen-bond acceptors (Lipinski definition) is 3. The molecule has 0 aliphatic heterocycles. The number of carboxylic acids is 1. The maximum atomic E-state index is 11.6. The molecular weight excluding hydrogens is 284 g/mol. The van der Waals surface area contributed by atoms with Crippen molar-refractivity contribution in [2.75, 3.05) is 7.11 Å². The fourth-order valence-electron chi connectivity index (χ4n) is 1.66. The Kier molecular flexibility index (Phi) is 6.11. The number of rotatable bonds is 6. The van der Waals surface area contributed by atoms with Crippen molar-refractivity contribution in [2.45, 2.75) is 25.9 Å². The molecule has 0 fully saturated rings. The highest BCUT2D eigenvalue weighted by molar-refractivity contribution is 6.31. The van der Waals surface area contributed by atoms with Gasteiger partial charge < -0.3 is 20.5 Å². The molecule has 0 aromatic heterocycles. The van der Waals surface area contributed by atoms with E-state index in [1.807, 2.05) is 0 Å². The van der Waals surface area contributed by atoms with Crippen molar-refractivity contribution >= 4 is 23.6 Å². The molecule has 20 heavy (non-hydrogen) atoms. The van der Waals surface area contributed by atoms with E-state index in [9.17, 15) is 9.59 Å². The normalized spacial score (nSPS) is 11.6. The average molecular weight is 301 g/mol. The van der Waals surface area contributed by atoms with Gasteiger partial charge in [0.15, 0.2) is 0 Å². The summed E-state index contributed by atoms with van der Waals surface area (Å²) in [5, 5.41) is 14.2. The number of halogens is 1. The quantitative estimate of drug-likeness (QED) is 0.750. The number of hydrogen-bond donors (Lipinski definition) is 3. The maximum Gasteiger partial charge on any atom is 0.315 e. The zero-order valence-electron chi connectivity index (χ0n) is 11.3. The summed E-state index contributed by atoms with van der Waals surface area (Å²) in [5.41, 5.74) is 0.665. The highest BCUT2D eigenvalue weighted by atomic mass is 35.5. The second kappa shape index (κ2) is 7.59. The summed E-state index contributed by atoms with van der Waals surface area (Å²) < 4.78 is 5.16. The number of amides is 2. The molecule has 110 valence electrons. The third-order valence-electron chi connectivity index (χ3n) is 2.58. The Morgan fingerprint density at radius 3 is 2.75 bits per heavy atom. The number of benzene rings is 1. The van der Waals surface area contributed by atoms with E-state index in [1.54, 1.807) is 25.1 Å². The number of urea groups is 1. The molecule has 0 bridgehead atoms. The minimum Gasteiger partial charge on any atom is -0.496 e. The summed E-state index contributed by atoms with van der Waals surface area (Å²) in [5.74, 6) is -0.387. The first kappa shape index (κ1) is 16.1. The Hall–Kier alpha value is -1.95. The smallest absolute Gasteiger partial charge is 0.315 e. The first-order chi connectivity index (χ1) is 9.43. The molecule has 0 aliphatic carbocycles. The van der Waals surface area contributed by atoms with Gasteiger partial charge in [-0.2, -0.15) is 0 Å².